The van der Waals surface area contributed by atoms with Crippen molar-refractivity contribution >= 4 is 22.6 Å². The van der Waals surface area contributed by atoms with Crippen LogP contribution in [0.1, 0.15) is 56.1 Å². The third-order valence-corrected chi connectivity index (χ3v) is 7.62. The summed E-state index contributed by atoms with van der Waals surface area (Å²) in [5, 5.41) is 17.1. The number of anilines is 1. The maximum Gasteiger partial charge on any atom is 0.290 e. The highest BCUT2D eigenvalue weighted by molar-refractivity contribution is 5.83. The Hall–Kier alpha value is -2.61. The van der Waals surface area contributed by atoms with Crippen LogP contribution in [0.15, 0.2) is 24.3 Å². The lowest BCUT2D eigenvalue weighted by Crippen LogP contribution is -2.53. The van der Waals surface area contributed by atoms with Crippen LogP contribution in [0, 0.1) is 41.4 Å². The molecule has 1 heterocycles. The number of carbonyl (C=O) groups excluding carboxylic acids is 1. The van der Waals surface area contributed by atoms with Crippen LogP contribution in [0.5, 0.6) is 0 Å². The van der Waals surface area contributed by atoms with E-state index in [-0.39, 0.29) is 5.41 Å². The number of hydrogen-bond acceptors (Lipinski definition) is 3. The first kappa shape index (κ1) is 19.4. The molecule has 4 aliphatic carbocycles. The second kappa shape index (κ2) is 7.58. The van der Waals surface area contributed by atoms with Crippen LogP contribution in [0.2, 0.25) is 0 Å². The van der Waals surface area contributed by atoms with Crippen molar-refractivity contribution < 1.29 is 9.78 Å². The van der Waals surface area contributed by atoms with Gasteiger partial charge in [0.2, 0.25) is 5.91 Å². The number of aromatic nitrogens is 1. The highest BCUT2D eigenvalue weighted by Gasteiger charge is 2.54. The van der Waals surface area contributed by atoms with Crippen LogP contribution in [-0.4, -0.2) is 19.0 Å². The van der Waals surface area contributed by atoms with Gasteiger partial charge in [-0.1, -0.05) is 12.1 Å². The first-order valence-electron chi connectivity index (χ1n) is 11.4. The minimum atomic E-state index is -0.0693. The number of carbonyl (C=O) groups is 1. The fourth-order valence-electron chi connectivity index (χ4n) is 6.64. The molecule has 4 fully saturated rings. The summed E-state index contributed by atoms with van der Waals surface area (Å²) in [6, 6.07) is 10.4. The van der Waals surface area contributed by atoms with Crippen molar-refractivity contribution in [1.82, 2.24) is 5.32 Å². The maximum absolute atomic E-state index is 13.0. The van der Waals surface area contributed by atoms with E-state index in [9.17, 15) is 10.1 Å². The highest BCUT2D eigenvalue weighted by Crippen LogP contribution is 2.60. The van der Waals surface area contributed by atoms with Gasteiger partial charge in [0.25, 0.3) is 5.82 Å². The van der Waals surface area contributed by atoms with Crippen molar-refractivity contribution in [2.75, 3.05) is 18.4 Å². The van der Waals surface area contributed by atoms with E-state index in [2.05, 4.69) is 40.7 Å². The number of pyridine rings is 1. The summed E-state index contributed by atoms with van der Waals surface area (Å²) < 4.78 is 0. The van der Waals surface area contributed by atoms with E-state index < -0.39 is 0 Å². The van der Waals surface area contributed by atoms with E-state index in [4.69, 9.17) is 0 Å². The van der Waals surface area contributed by atoms with Crippen molar-refractivity contribution in [3.63, 3.8) is 0 Å². The lowest BCUT2D eigenvalue weighted by Gasteiger charge is -2.55. The van der Waals surface area contributed by atoms with Gasteiger partial charge < -0.3 is 5.32 Å². The molecule has 0 saturated heterocycles. The Kier molecular flexibility index (Phi) is 4.89. The molecule has 4 bridgehead atoms. The lowest BCUT2D eigenvalue weighted by atomic mass is 9.49. The van der Waals surface area contributed by atoms with E-state index in [0.29, 0.717) is 24.6 Å². The predicted molar refractivity (Wildman–Crippen MR) is 117 cm³/mol. The molecule has 1 aromatic heterocycles. The molecule has 5 nitrogen and oxygen atoms in total. The molecule has 5 heteroatoms. The summed E-state index contributed by atoms with van der Waals surface area (Å²) in [6.07, 6.45) is 8.25. The van der Waals surface area contributed by atoms with E-state index in [1.807, 2.05) is 12.1 Å². The van der Waals surface area contributed by atoms with Crippen LogP contribution < -0.4 is 15.6 Å². The second-order valence-corrected chi connectivity index (χ2v) is 9.99. The van der Waals surface area contributed by atoms with Crippen molar-refractivity contribution in [3.05, 3.63) is 35.4 Å². The quantitative estimate of drug-likeness (QED) is 0.716. The lowest BCUT2D eigenvalue weighted by molar-refractivity contribution is -0.327. The predicted octanol–water partition coefficient (Wildman–Crippen LogP) is 3.97. The summed E-state index contributed by atoms with van der Waals surface area (Å²) >= 11 is 0. The van der Waals surface area contributed by atoms with Gasteiger partial charge in [-0.25, -0.2) is 4.98 Å². The minimum absolute atomic E-state index is 0.0693. The standard InChI is InChI=1S/C25H30N4O/c1-16-3-4-20-11-21(15-26)23(29-22(20)7-16)27-5-2-6-28-24(30)25-12-17-8-18(13-25)10-19(9-17)14-25/h3-4,7,11,17-19H,2,5-6,8-10,12-14H2,1H3,(H,27,29)(H,28,30)/p+1. The Morgan fingerprint density at radius 3 is 2.50 bits per heavy atom. The number of fused-ring (bicyclic) bond motifs is 1. The summed E-state index contributed by atoms with van der Waals surface area (Å²) in [7, 11) is 0. The van der Waals surface area contributed by atoms with Gasteiger partial charge in [0, 0.05) is 23.8 Å². The summed E-state index contributed by atoms with van der Waals surface area (Å²) in [5.74, 6) is 3.43. The molecule has 0 radical (unpaired) electrons. The van der Waals surface area contributed by atoms with Crippen molar-refractivity contribution in [2.24, 2.45) is 23.2 Å². The summed E-state index contributed by atoms with van der Waals surface area (Å²) in [4.78, 5) is 16.4. The van der Waals surface area contributed by atoms with E-state index >= 15 is 0 Å². The number of nitrogens with one attached hydrogen (secondary N) is 3. The van der Waals surface area contributed by atoms with Crippen LogP contribution in [0.3, 0.4) is 0 Å². The molecule has 0 atom stereocenters. The van der Waals surface area contributed by atoms with Gasteiger partial charge in [-0.2, -0.15) is 5.26 Å². The third kappa shape index (κ3) is 3.53. The SMILES string of the molecule is Cc1ccc2cc(C#N)c(NCCCNC(=O)C34CC5CC(CC(C5)C3)C4)[nH+]c2c1. The molecule has 156 valence electrons. The van der Waals surface area contributed by atoms with Crippen molar-refractivity contribution in [1.29, 1.82) is 5.26 Å². The van der Waals surface area contributed by atoms with Gasteiger partial charge in [0.1, 0.15) is 17.1 Å². The average Bonchev–Trinajstić information content (AvgIpc) is 2.71. The van der Waals surface area contributed by atoms with E-state index in [0.717, 1.165) is 60.2 Å². The molecule has 6 rings (SSSR count). The molecule has 2 aromatic rings. The smallest absolute Gasteiger partial charge is 0.290 e. The molecule has 1 amide bonds. The van der Waals surface area contributed by atoms with Gasteiger partial charge in [-0.05, 0) is 80.9 Å². The Morgan fingerprint density at radius 1 is 1.13 bits per heavy atom. The highest BCUT2D eigenvalue weighted by atomic mass is 16.2. The number of aryl methyl sites for hydroxylation is 1. The van der Waals surface area contributed by atoms with Gasteiger partial charge in [-0.3, -0.25) is 10.1 Å². The monoisotopic (exact) mass is 403 g/mol. The number of nitriles is 1. The van der Waals surface area contributed by atoms with Gasteiger partial charge >= 0.3 is 0 Å². The molecule has 0 aliphatic heterocycles. The van der Waals surface area contributed by atoms with Crippen LogP contribution in [0.4, 0.5) is 5.82 Å². The number of amides is 1. The Bertz CT molecular complexity index is 986. The van der Waals surface area contributed by atoms with Crippen molar-refractivity contribution in [3.8, 4) is 6.07 Å². The molecule has 3 N–H and O–H groups in total. The molecule has 4 saturated carbocycles. The summed E-state index contributed by atoms with van der Waals surface area (Å²) in [5.41, 5.74) is 2.75. The number of rotatable bonds is 6. The molecule has 0 spiro atoms. The van der Waals surface area contributed by atoms with Gasteiger partial charge in [0.05, 0.1) is 6.54 Å². The Morgan fingerprint density at radius 2 is 1.83 bits per heavy atom. The molecule has 4 aliphatic rings. The minimum Gasteiger partial charge on any atom is -0.355 e. The largest absolute Gasteiger partial charge is 0.355 e. The van der Waals surface area contributed by atoms with Gasteiger partial charge in [-0.15, -0.1) is 0 Å². The van der Waals surface area contributed by atoms with Crippen LogP contribution >= 0.6 is 0 Å². The normalized spacial score (nSPS) is 29.0. The van der Waals surface area contributed by atoms with Crippen molar-refractivity contribution in [2.45, 2.75) is 51.9 Å². The van der Waals surface area contributed by atoms with Gasteiger partial charge in [0.15, 0.2) is 0 Å². The van der Waals surface area contributed by atoms with Crippen LogP contribution in [0.25, 0.3) is 10.9 Å². The third-order valence-electron chi connectivity index (χ3n) is 7.62. The number of aromatic amines is 1. The second-order valence-electron chi connectivity index (χ2n) is 9.99. The molecule has 0 unspecified atom stereocenters. The van der Waals surface area contributed by atoms with E-state index in [1.165, 1.54) is 24.8 Å². The molecule has 1 aromatic carbocycles. The first-order chi connectivity index (χ1) is 14.5. The fourth-order valence-corrected chi connectivity index (χ4v) is 6.64. The average molecular weight is 404 g/mol. The zero-order valence-corrected chi connectivity index (χ0v) is 17.8. The Labute approximate surface area is 178 Å². The zero-order chi connectivity index (χ0) is 20.7. The number of nitrogens with zero attached hydrogens (tertiary/aromatic N) is 1. The topological polar surface area (TPSA) is 79.1 Å². The number of hydrogen-bond donors (Lipinski definition) is 2. The summed E-state index contributed by atoms with van der Waals surface area (Å²) in [6.45, 7) is 3.46. The van der Waals surface area contributed by atoms with E-state index in [1.54, 1.807) is 0 Å². The Balaban J connectivity index is 1.15. The first-order valence-corrected chi connectivity index (χ1v) is 11.4. The maximum atomic E-state index is 13.0. The molecule has 30 heavy (non-hydrogen) atoms. The molecular formula is C25H31N4O+. The number of benzene rings is 1. The zero-order valence-electron chi connectivity index (χ0n) is 17.8. The fraction of sp³-hybridized carbons (Fsp3) is 0.560. The molecular weight excluding hydrogens is 372 g/mol. The van der Waals surface area contributed by atoms with Crippen LogP contribution in [-0.2, 0) is 4.79 Å². The number of H-pyrrole nitrogens is 1.